The van der Waals surface area contributed by atoms with Crippen LogP contribution in [0.15, 0.2) is 37.0 Å². The van der Waals surface area contributed by atoms with Crippen molar-refractivity contribution in [2.24, 2.45) is 5.92 Å². The van der Waals surface area contributed by atoms with Crippen molar-refractivity contribution in [3.05, 3.63) is 37.0 Å². The van der Waals surface area contributed by atoms with Gasteiger partial charge in [0.25, 0.3) is 0 Å². The summed E-state index contributed by atoms with van der Waals surface area (Å²) in [5, 5.41) is 11.9. The number of nitrogens with one attached hydrogen (secondary N) is 1. The van der Waals surface area contributed by atoms with Crippen LogP contribution in [-0.4, -0.2) is 23.0 Å². The van der Waals surface area contributed by atoms with Crippen molar-refractivity contribution in [2.45, 2.75) is 44.6 Å². The van der Waals surface area contributed by atoms with E-state index in [0.29, 0.717) is 0 Å². The van der Waals surface area contributed by atoms with Gasteiger partial charge in [0.2, 0.25) is 5.91 Å². The normalized spacial score (nSPS) is 18.1. The Morgan fingerprint density at radius 1 is 1.25 bits per heavy atom. The molecule has 0 aromatic carbocycles. The highest BCUT2D eigenvalue weighted by Crippen LogP contribution is 2.24. The summed E-state index contributed by atoms with van der Waals surface area (Å²) in [6.07, 6.45) is 10.1. The second-order valence-corrected chi connectivity index (χ2v) is 5.12. The van der Waals surface area contributed by atoms with Gasteiger partial charge in [-0.2, -0.15) is 0 Å². The summed E-state index contributed by atoms with van der Waals surface area (Å²) < 4.78 is 0. The number of allylic oxidation sites excluding steroid dienone is 3. The van der Waals surface area contributed by atoms with Gasteiger partial charge in [-0.05, 0) is 18.4 Å². The molecule has 4 nitrogen and oxygen atoms in total. The standard InChI is InChI=1S/C16H23NO3/c1-3-8-12(4-2)11-14(16(19)20)17-15(18)13-9-6-5-7-10-13/h3-4,8,13-14H,1-2,5-7,9-11H2,(H,17,18)(H,19,20)/b12-8+. The monoisotopic (exact) mass is 277 g/mol. The molecule has 0 aromatic rings. The van der Waals surface area contributed by atoms with Crippen LogP contribution in [0.3, 0.4) is 0 Å². The molecule has 0 aliphatic heterocycles. The van der Waals surface area contributed by atoms with Crippen LogP contribution in [-0.2, 0) is 9.59 Å². The molecule has 0 spiro atoms. The number of carboxylic acid groups (broad SMARTS) is 1. The Balaban J connectivity index is 2.64. The van der Waals surface area contributed by atoms with Crippen LogP contribution in [0, 0.1) is 5.92 Å². The maximum Gasteiger partial charge on any atom is 0.326 e. The molecule has 1 atom stereocenters. The fourth-order valence-electron chi connectivity index (χ4n) is 2.46. The lowest BCUT2D eigenvalue weighted by atomic mass is 9.88. The number of hydrogen-bond acceptors (Lipinski definition) is 2. The average molecular weight is 277 g/mol. The first kappa shape index (κ1) is 16.2. The van der Waals surface area contributed by atoms with E-state index in [-0.39, 0.29) is 18.2 Å². The fraction of sp³-hybridized carbons (Fsp3) is 0.500. The van der Waals surface area contributed by atoms with Gasteiger partial charge in [-0.15, -0.1) is 0 Å². The van der Waals surface area contributed by atoms with Crippen molar-refractivity contribution in [3.8, 4) is 0 Å². The van der Waals surface area contributed by atoms with Crippen LogP contribution in [0.2, 0.25) is 0 Å². The van der Waals surface area contributed by atoms with E-state index >= 15 is 0 Å². The first-order valence-corrected chi connectivity index (χ1v) is 7.05. The van der Waals surface area contributed by atoms with Gasteiger partial charge in [0.15, 0.2) is 0 Å². The van der Waals surface area contributed by atoms with Gasteiger partial charge in [0.1, 0.15) is 6.04 Å². The van der Waals surface area contributed by atoms with Gasteiger partial charge in [-0.1, -0.05) is 50.6 Å². The Morgan fingerprint density at radius 3 is 2.40 bits per heavy atom. The van der Waals surface area contributed by atoms with E-state index in [2.05, 4.69) is 18.5 Å². The SMILES string of the molecule is C=C/C=C(\C=C)CC(NC(=O)C1CCCCC1)C(=O)O. The number of carboxylic acids is 1. The van der Waals surface area contributed by atoms with Gasteiger partial charge in [-0.25, -0.2) is 4.79 Å². The van der Waals surface area contributed by atoms with Gasteiger partial charge in [0.05, 0.1) is 0 Å². The van der Waals surface area contributed by atoms with Crippen LogP contribution in [0.4, 0.5) is 0 Å². The molecule has 1 aliphatic carbocycles. The molecule has 1 fully saturated rings. The highest BCUT2D eigenvalue weighted by atomic mass is 16.4. The Morgan fingerprint density at radius 2 is 1.90 bits per heavy atom. The van der Waals surface area contributed by atoms with Crippen molar-refractivity contribution in [1.29, 1.82) is 0 Å². The molecular weight excluding hydrogens is 254 g/mol. The first-order chi connectivity index (χ1) is 9.58. The second-order valence-electron chi connectivity index (χ2n) is 5.12. The van der Waals surface area contributed by atoms with Crippen LogP contribution >= 0.6 is 0 Å². The maximum atomic E-state index is 12.1. The third-order valence-electron chi connectivity index (χ3n) is 3.62. The quantitative estimate of drug-likeness (QED) is 0.703. The van der Waals surface area contributed by atoms with Crippen molar-refractivity contribution in [1.82, 2.24) is 5.32 Å². The zero-order valence-corrected chi connectivity index (χ0v) is 11.8. The van der Waals surface area contributed by atoms with Crippen molar-refractivity contribution in [2.75, 3.05) is 0 Å². The lowest BCUT2D eigenvalue weighted by Crippen LogP contribution is -2.44. The molecule has 1 aliphatic rings. The van der Waals surface area contributed by atoms with Gasteiger partial charge >= 0.3 is 5.97 Å². The molecule has 2 N–H and O–H groups in total. The fourth-order valence-corrected chi connectivity index (χ4v) is 2.46. The molecule has 1 rings (SSSR count). The molecular formula is C16H23NO3. The zero-order chi connectivity index (χ0) is 15.0. The van der Waals surface area contributed by atoms with Crippen LogP contribution in [0.1, 0.15) is 38.5 Å². The third kappa shape index (κ3) is 5.03. The largest absolute Gasteiger partial charge is 0.480 e. The molecule has 110 valence electrons. The van der Waals surface area contributed by atoms with Crippen molar-refractivity contribution < 1.29 is 14.7 Å². The summed E-state index contributed by atoms with van der Waals surface area (Å²) in [7, 11) is 0. The molecule has 0 saturated heterocycles. The Labute approximate surface area is 120 Å². The molecule has 20 heavy (non-hydrogen) atoms. The average Bonchev–Trinajstić information content (AvgIpc) is 2.46. The Kier molecular flexibility index (Phi) is 6.77. The first-order valence-electron chi connectivity index (χ1n) is 7.05. The maximum absolute atomic E-state index is 12.1. The summed E-state index contributed by atoms with van der Waals surface area (Å²) in [6.45, 7) is 7.22. The molecule has 1 amide bonds. The number of rotatable bonds is 7. The van der Waals surface area contributed by atoms with Gasteiger partial charge < -0.3 is 10.4 Å². The van der Waals surface area contributed by atoms with E-state index < -0.39 is 12.0 Å². The number of carbonyl (C=O) groups excluding carboxylic acids is 1. The number of aliphatic carboxylic acids is 1. The summed E-state index contributed by atoms with van der Waals surface area (Å²) in [5.41, 5.74) is 0.747. The van der Waals surface area contributed by atoms with Crippen molar-refractivity contribution >= 4 is 11.9 Å². The Hall–Kier alpha value is -1.84. The van der Waals surface area contributed by atoms with E-state index in [4.69, 9.17) is 0 Å². The summed E-state index contributed by atoms with van der Waals surface area (Å²) >= 11 is 0. The highest BCUT2D eigenvalue weighted by Gasteiger charge is 2.26. The summed E-state index contributed by atoms with van der Waals surface area (Å²) in [5.74, 6) is -1.20. The van der Waals surface area contributed by atoms with E-state index in [0.717, 1.165) is 37.7 Å². The van der Waals surface area contributed by atoms with Crippen molar-refractivity contribution in [3.63, 3.8) is 0 Å². The van der Waals surface area contributed by atoms with E-state index in [1.807, 2.05) is 0 Å². The van der Waals surface area contributed by atoms with E-state index in [9.17, 15) is 14.7 Å². The highest BCUT2D eigenvalue weighted by molar-refractivity contribution is 5.85. The van der Waals surface area contributed by atoms with Gasteiger partial charge in [-0.3, -0.25) is 4.79 Å². The molecule has 1 unspecified atom stereocenters. The summed E-state index contributed by atoms with van der Waals surface area (Å²) in [6, 6.07) is -0.909. The lowest BCUT2D eigenvalue weighted by Gasteiger charge is -2.23. The van der Waals surface area contributed by atoms with E-state index in [1.54, 1.807) is 18.2 Å². The van der Waals surface area contributed by atoms with E-state index in [1.165, 1.54) is 0 Å². The third-order valence-corrected chi connectivity index (χ3v) is 3.62. The lowest BCUT2D eigenvalue weighted by molar-refractivity contribution is -0.142. The van der Waals surface area contributed by atoms with Crippen LogP contribution in [0.25, 0.3) is 0 Å². The van der Waals surface area contributed by atoms with Crippen LogP contribution < -0.4 is 5.32 Å². The Bertz CT molecular complexity index is 406. The minimum Gasteiger partial charge on any atom is -0.480 e. The molecule has 0 bridgehead atoms. The number of amides is 1. The number of carbonyl (C=O) groups is 2. The predicted octanol–water partition coefficient (Wildman–Crippen LogP) is 2.82. The topological polar surface area (TPSA) is 66.4 Å². The molecule has 1 saturated carbocycles. The second kappa shape index (κ2) is 8.35. The molecule has 0 aromatic heterocycles. The summed E-state index contributed by atoms with van der Waals surface area (Å²) in [4.78, 5) is 23.4. The minimum absolute atomic E-state index is 0.0406. The van der Waals surface area contributed by atoms with Gasteiger partial charge in [0, 0.05) is 12.3 Å². The molecule has 0 heterocycles. The van der Waals surface area contributed by atoms with Crippen LogP contribution in [0.5, 0.6) is 0 Å². The molecule has 4 heteroatoms. The number of hydrogen-bond donors (Lipinski definition) is 2. The molecule has 0 radical (unpaired) electrons. The predicted molar refractivity (Wildman–Crippen MR) is 79.2 cm³/mol. The smallest absolute Gasteiger partial charge is 0.326 e. The minimum atomic E-state index is -1.02. The zero-order valence-electron chi connectivity index (χ0n) is 11.8.